The van der Waals surface area contributed by atoms with E-state index in [0.717, 1.165) is 12.8 Å². The molecule has 2 aromatic carbocycles. The number of carbonyl (C=O) groups is 3. The molecule has 1 fully saturated rings. The second-order valence-corrected chi connectivity index (χ2v) is 10.5. The van der Waals surface area contributed by atoms with Crippen LogP contribution in [0.25, 0.3) is 0 Å². The Bertz CT molecular complexity index is 1260. The van der Waals surface area contributed by atoms with Gasteiger partial charge in [0.05, 0.1) is 24.8 Å². The number of ether oxygens (including phenoxy) is 3. The summed E-state index contributed by atoms with van der Waals surface area (Å²) in [7, 11) is 1.67. The summed E-state index contributed by atoms with van der Waals surface area (Å²) in [6.45, 7) is 4.25. The number of benzene rings is 2. The number of aliphatic hydroxyl groups is 1. The van der Waals surface area contributed by atoms with E-state index in [9.17, 15) is 19.5 Å². The van der Waals surface area contributed by atoms with E-state index in [0.29, 0.717) is 40.7 Å². The second kappa shape index (κ2) is 11.0. The first-order valence-corrected chi connectivity index (χ1v) is 13.2. The minimum Gasteiger partial charge on any atom is -0.487 e. The summed E-state index contributed by atoms with van der Waals surface area (Å²) >= 11 is 0. The molecule has 0 spiro atoms. The zero-order valence-electron chi connectivity index (χ0n) is 22.3. The predicted molar refractivity (Wildman–Crippen MR) is 143 cm³/mol. The van der Waals surface area contributed by atoms with Crippen LogP contribution in [0.1, 0.15) is 37.0 Å². The summed E-state index contributed by atoms with van der Waals surface area (Å²) in [5.74, 6) is 1.08. The number of urea groups is 1. The summed E-state index contributed by atoms with van der Waals surface area (Å²) in [6, 6.07) is 9.44. The van der Waals surface area contributed by atoms with E-state index in [1.165, 1.54) is 4.90 Å². The lowest BCUT2D eigenvalue weighted by atomic mass is 9.99. The quantitative estimate of drug-likeness (QED) is 0.494. The molecule has 0 aromatic heterocycles. The summed E-state index contributed by atoms with van der Waals surface area (Å²) in [4.78, 5) is 42.0. The molecule has 39 heavy (non-hydrogen) atoms. The molecule has 11 nitrogen and oxygen atoms in total. The predicted octanol–water partition coefficient (Wildman–Crippen LogP) is 3.15. The SMILES string of the molecule is C[C@@H]1CN([C@@H](C)CO)C(=O)c2cc(NC(=O)C3CC3)ccc2O[C@@H]1CN(C)C(=O)Nc1ccc2c(c1)OCO2. The number of carbonyl (C=O) groups excluding carboxylic acids is 3. The number of hydrogen-bond acceptors (Lipinski definition) is 7. The Morgan fingerprint density at radius 3 is 2.49 bits per heavy atom. The standard InChI is InChI=1S/C28H34N4O7/c1-16-12-32(17(2)14-33)27(35)21-10-19(29-26(34)18-4-5-18)6-8-22(21)39-25(16)13-31(3)28(36)30-20-7-9-23-24(11-20)38-15-37-23/h6-11,16-18,25,33H,4-5,12-15H2,1-3H3,(H,29,34)(H,30,36)/t16-,17+,25-/m1/s1. The molecule has 0 bridgehead atoms. The van der Waals surface area contributed by atoms with Gasteiger partial charge in [-0.05, 0) is 50.1 Å². The van der Waals surface area contributed by atoms with E-state index >= 15 is 0 Å². The first-order chi connectivity index (χ1) is 18.7. The van der Waals surface area contributed by atoms with Gasteiger partial charge in [-0.2, -0.15) is 0 Å². The Kier molecular flexibility index (Phi) is 7.51. The topological polar surface area (TPSA) is 130 Å². The molecule has 3 atom stereocenters. The number of nitrogens with zero attached hydrogens (tertiary/aromatic N) is 2. The van der Waals surface area contributed by atoms with Gasteiger partial charge in [-0.3, -0.25) is 9.59 Å². The lowest BCUT2D eigenvalue weighted by Crippen LogP contribution is -2.50. The molecule has 4 amide bonds. The minimum absolute atomic E-state index is 0.0226. The van der Waals surface area contributed by atoms with Gasteiger partial charge in [-0.1, -0.05) is 6.92 Å². The molecule has 0 radical (unpaired) electrons. The highest BCUT2D eigenvalue weighted by molar-refractivity contribution is 6.00. The van der Waals surface area contributed by atoms with Crippen LogP contribution in [0, 0.1) is 11.8 Å². The molecular formula is C28H34N4O7. The van der Waals surface area contributed by atoms with Gasteiger partial charge in [-0.15, -0.1) is 0 Å². The number of hydrogen-bond donors (Lipinski definition) is 3. The monoisotopic (exact) mass is 538 g/mol. The van der Waals surface area contributed by atoms with Crippen molar-refractivity contribution in [3.8, 4) is 17.2 Å². The number of fused-ring (bicyclic) bond motifs is 2. The van der Waals surface area contributed by atoms with E-state index in [1.807, 2.05) is 6.92 Å². The van der Waals surface area contributed by atoms with Gasteiger partial charge in [-0.25, -0.2) is 4.79 Å². The molecule has 2 aromatic rings. The maximum absolute atomic E-state index is 13.6. The number of amides is 4. The van der Waals surface area contributed by atoms with Crippen molar-refractivity contribution in [1.82, 2.24) is 9.80 Å². The first kappa shape index (κ1) is 26.6. The lowest BCUT2D eigenvalue weighted by molar-refractivity contribution is -0.117. The fourth-order valence-corrected chi connectivity index (χ4v) is 4.65. The van der Waals surface area contributed by atoms with Gasteiger partial charge in [0.2, 0.25) is 12.7 Å². The van der Waals surface area contributed by atoms with Crippen LogP contribution < -0.4 is 24.8 Å². The van der Waals surface area contributed by atoms with Crippen molar-refractivity contribution in [1.29, 1.82) is 0 Å². The smallest absolute Gasteiger partial charge is 0.321 e. The van der Waals surface area contributed by atoms with Crippen molar-refractivity contribution in [3.63, 3.8) is 0 Å². The van der Waals surface area contributed by atoms with Crippen LogP contribution in [0.5, 0.6) is 17.2 Å². The molecule has 208 valence electrons. The molecule has 11 heteroatoms. The van der Waals surface area contributed by atoms with Crippen LogP contribution in [0.2, 0.25) is 0 Å². The minimum atomic E-state index is -0.454. The fraction of sp³-hybridized carbons (Fsp3) is 0.464. The third-order valence-corrected chi connectivity index (χ3v) is 7.30. The second-order valence-electron chi connectivity index (χ2n) is 10.5. The van der Waals surface area contributed by atoms with Gasteiger partial charge in [0.15, 0.2) is 11.5 Å². The highest BCUT2D eigenvalue weighted by Crippen LogP contribution is 2.35. The summed E-state index contributed by atoms with van der Waals surface area (Å²) in [5, 5.41) is 15.6. The fourth-order valence-electron chi connectivity index (χ4n) is 4.65. The van der Waals surface area contributed by atoms with E-state index < -0.39 is 12.1 Å². The van der Waals surface area contributed by atoms with Crippen molar-refractivity contribution in [3.05, 3.63) is 42.0 Å². The van der Waals surface area contributed by atoms with Gasteiger partial charge < -0.3 is 39.8 Å². The summed E-state index contributed by atoms with van der Waals surface area (Å²) in [5.41, 5.74) is 1.39. The highest BCUT2D eigenvalue weighted by Gasteiger charge is 2.35. The molecule has 0 saturated heterocycles. The molecule has 3 aliphatic rings. The van der Waals surface area contributed by atoms with Crippen molar-refractivity contribution in [2.24, 2.45) is 11.8 Å². The van der Waals surface area contributed by atoms with Crippen LogP contribution in [0.15, 0.2) is 36.4 Å². The molecule has 2 aliphatic heterocycles. The maximum Gasteiger partial charge on any atom is 0.321 e. The van der Waals surface area contributed by atoms with Crippen LogP contribution in [0.4, 0.5) is 16.2 Å². The summed E-state index contributed by atoms with van der Waals surface area (Å²) < 4.78 is 17.1. The van der Waals surface area contributed by atoms with Crippen molar-refractivity contribution >= 4 is 29.2 Å². The number of anilines is 2. The van der Waals surface area contributed by atoms with E-state index in [1.54, 1.807) is 55.3 Å². The Hall–Kier alpha value is -3.99. The number of aliphatic hydroxyl groups excluding tert-OH is 1. The van der Waals surface area contributed by atoms with Gasteiger partial charge in [0.1, 0.15) is 11.9 Å². The zero-order valence-corrected chi connectivity index (χ0v) is 22.3. The molecule has 3 N–H and O–H groups in total. The van der Waals surface area contributed by atoms with Crippen LogP contribution >= 0.6 is 0 Å². The molecule has 1 aliphatic carbocycles. The van der Waals surface area contributed by atoms with Gasteiger partial charge >= 0.3 is 6.03 Å². The largest absolute Gasteiger partial charge is 0.487 e. The van der Waals surface area contributed by atoms with Crippen LogP contribution in [-0.2, 0) is 4.79 Å². The highest BCUT2D eigenvalue weighted by atomic mass is 16.7. The normalized spacial score (nSPS) is 20.7. The average molecular weight is 539 g/mol. The number of nitrogens with one attached hydrogen (secondary N) is 2. The third-order valence-electron chi connectivity index (χ3n) is 7.30. The molecule has 1 saturated carbocycles. The van der Waals surface area contributed by atoms with E-state index in [2.05, 4.69) is 10.6 Å². The Morgan fingerprint density at radius 2 is 1.77 bits per heavy atom. The Balaban J connectivity index is 1.34. The molecule has 2 heterocycles. The molecule has 5 rings (SSSR count). The van der Waals surface area contributed by atoms with Crippen molar-refractivity contribution in [2.45, 2.75) is 38.8 Å². The number of rotatable bonds is 7. The molecule has 0 unspecified atom stereocenters. The van der Waals surface area contributed by atoms with Crippen molar-refractivity contribution < 1.29 is 33.7 Å². The lowest BCUT2D eigenvalue weighted by Gasteiger charge is -2.38. The van der Waals surface area contributed by atoms with E-state index in [4.69, 9.17) is 14.2 Å². The maximum atomic E-state index is 13.6. The molecular weight excluding hydrogens is 504 g/mol. The Morgan fingerprint density at radius 1 is 1.08 bits per heavy atom. The summed E-state index contributed by atoms with van der Waals surface area (Å²) in [6.07, 6.45) is 1.29. The third kappa shape index (κ3) is 5.88. The van der Waals surface area contributed by atoms with Gasteiger partial charge in [0.25, 0.3) is 5.91 Å². The average Bonchev–Trinajstić information content (AvgIpc) is 3.68. The first-order valence-electron chi connectivity index (χ1n) is 13.2. The Labute approximate surface area is 227 Å². The van der Waals surface area contributed by atoms with Gasteiger partial charge in [0, 0.05) is 42.9 Å². The number of likely N-dealkylation sites (N-methyl/N-ethyl adjacent to an activating group) is 1. The van der Waals surface area contributed by atoms with Crippen LogP contribution in [-0.4, -0.2) is 78.4 Å². The van der Waals surface area contributed by atoms with E-state index in [-0.39, 0.29) is 49.6 Å². The zero-order chi connectivity index (χ0) is 27.7. The van der Waals surface area contributed by atoms with Crippen molar-refractivity contribution in [2.75, 3.05) is 44.2 Å². The van der Waals surface area contributed by atoms with Crippen LogP contribution in [0.3, 0.4) is 0 Å².